The first-order chi connectivity index (χ1) is 11.5. The topological polar surface area (TPSA) is 197 Å². The fourth-order valence-electron chi connectivity index (χ4n) is 1.82. The Morgan fingerprint density at radius 1 is 1.36 bits per heavy atom. The zero-order valence-electron chi connectivity index (χ0n) is 12.9. The second-order valence-electron chi connectivity index (χ2n) is 4.90. The van der Waals surface area contributed by atoms with E-state index in [1.165, 1.54) is 0 Å². The lowest BCUT2D eigenvalue weighted by molar-refractivity contribution is -0.384. The van der Waals surface area contributed by atoms with Gasteiger partial charge >= 0.3 is 0 Å². The molecule has 0 aliphatic carbocycles. The first kappa shape index (κ1) is 20.6. The summed E-state index contributed by atoms with van der Waals surface area (Å²) in [6.45, 7) is 0.181. The van der Waals surface area contributed by atoms with Crippen LogP contribution < -0.4 is 21.9 Å². The van der Waals surface area contributed by atoms with E-state index in [-0.39, 0.29) is 30.4 Å². The number of benzene rings is 1. The Hall–Kier alpha value is -2.44. The van der Waals surface area contributed by atoms with Crippen LogP contribution in [0.15, 0.2) is 28.1 Å². The average molecular weight is 393 g/mol. The molecule has 138 valence electrons. The number of nitrogens with one attached hydrogen (secondary N) is 1. The number of hydrogen-bond acceptors (Lipinski definition) is 6. The van der Waals surface area contributed by atoms with E-state index in [1.807, 2.05) is 0 Å². The lowest BCUT2D eigenvalue weighted by Gasteiger charge is -2.15. The standard InChI is InChI=1S/C12H17ClN6O5S/c13-8-4-3-7(6-10(8)19(21)22)25(23,24)18-9(11(14)20)2-1-5-17-12(15)16/h3-4,6,9,18H,1-2,5H2,(H2,14,20)(H4,15,16,17). The smallest absolute Gasteiger partial charge is 0.289 e. The number of primary amides is 1. The summed E-state index contributed by atoms with van der Waals surface area (Å²) in [7, 11) is -4.23. The van der Waals surface area contributed by atoms with Gasteiger partial charge in [-0.3, -0.25) is 19.9 Å². The minimum atomic E-state index is -4.23. The second-order valence-corrected chi connectivity index (χ2v) is 7.02. The van der Waals surface area contributed by atoms with Crippen LogP contribution in [-0.2, 0) is 14.8 Å². The Kier molecular flexibility index (Phi) is 7.09. The molecule has 0 aliphatic rings. The van der Waals surface area contributed by atoms with E-state index >= 15 is 0 Å². The molecule has 1 unspecified atom stereocenters. The molecule has 0 aliphatic heterocycles. The first-order valence-corrected chi connectivity index (χ1v) is 8.71. The van der Waals surface area contributed by atoms with Crippen molar-refractivity contribution in [3.63, 3.8) is 0 Å². The van der Waals surface area contributed by atoms with Crippen LogP contribution in [0.3, 0.4) is 0 Å². The van der Waals surface area contributed by atoms with Crippen molar-refractivity contribution in [3.8, 4) is 0 Å². The van der Waals surface area contributed by atoms with Gasteiger partial charge in [0.2, 0.25) is 15.9 Å². The number of aliphatic imine (C=N–C) groups is 1. The van der Waals surface area contributed by atoms with Crippen molar-refractivity contribution in [2.45, 2.75) is 23.8 Å². The van der Waals surface area contributed by atoms with Crippen LogP contribution in [0.4, 0.5) is 5.69 Å². The molecule has 0 fully saturated rings. The lowest BCUT2D eigenvalue weighted by Crippen LogP contribution is -2.44. The number of carbonyl (C=O) groups is 1. The van der Waals surface area contributed by atoms with Gasteiger partial charge in [-0.05, 0) is 25.0 Å². The van der Waals surface area contributed by atoms with Gasteiger partial charge in [0.1, 0.15) is 11.1 Å². The molecule has 1 rings (SSSR count). The molecule has 0 spiro atoms. The zero-order chi connectivity index (χ0) is 19.2. The van der Waals surface area contributed by atoms with Gasteiger partial charge in [0, 0.05) is 12.6 Å². The molecule has 0 saturated heterocycles. The van der Waals surface area contributed by atoms with E-state index in [9.17, 15) is 23.3 Å². The maximum Gasteiger partial charge on any atom is 0.289 e. The Bertz CT molecular complexity index is 793. The molecule has 0 heterocycles. The highest BCUT2D eigenvalue weighted by molar-refractivity contribution is 7.89. The molecule has 0 saturated carbocycles. The van der Waals surface area contributed by atoms with E-state index in [2.05, 4.69) is 9.71 Å². The number of nitro benzene ring substituents is 1. The summed E-state index contributed by atoms with van der Waals surface area (Å²) < 4.78 is 26.7. The molecule has 0 bridgehead atoms. The Balaban J connectivity index is 2.96. The minimum Gasteiger partial charge on any atom is -0.370 e. The molecular weight excluding hydrogens is 376 g/mol. The highest BCUT2D eigenvalue weighted by Gasteiger charge is 2.26. The summed E-state index contributed by atoms with van der Waals surface area (Å²) in [6.07, 6.45) is 0.329. The average Bonchev–Trinajstić information content (AvgIpc) is 2.49. The van der Waals surface area contributed by atoms with Crippen molar-refractivity contribution in [1.29, 1.82) is 0 Å². The summed E-state index contributed by atoms with van der Waals surface area (Å²) in [5.41, 5.74) is 14.9. The quantitative estimate of drug-likeness (QED) is 0.142. The van der Waals surface area contributed by atoms with Gasteiger partial charge in [0.25, 0.3) is 5.69 Å². The number of carbonyl (C=O) groups excluding carboxylic acids is 1. The van der Waals surface area contributed by atoms with Crippen molar-refractivity contribution >= 4 is 39.2 Å². The van der Waals surface area contributed by atoms with Crippen molar-refractivity contribution in [2.24, 2.45) is 22.2 Å². The molecule has 7 N–H and O–H groups in total. The monoisotopic (exact) mass is 392 g/mol. The Morgan fingerprint density at radius 3 is 2.52 bits per heavy atom. The number of guanidine groups is 1. The zero-order valence-corrected chi connectivity index (χ0v) is 14.5. The van der Waals surface area contributed by atoms with Gasteiger partial charge in [-0.1, -0.05) is 11.6 Å². The van der Waals surface area contributed by atoms with Gasteiger partial charge in [-0.2, -0.15) is 4.72 Å². The fourth-order valence-corrected chi connectivity index (χ4v) is 3.26. The van der Waals surface area contributed by atoms with Crippen molar-refractivity contribution in [2.75, 3.05) is 6.54 Å². The van der Waals surface area contributed by atoms with Crippen LogP contribution in [0.5, 0.6) is 0 Å². The van der Waals surface area contributed by atoms with E-state index in [0.29, 0.717) is 0 Å². The third-order valence-corrected chi connectivity index (χ3v) is 4.80. The highest BCUT2D eigenvalue weighted by atomic mass is 35.5. The van der Waals surface area contributed by atoms with Crippen LogP contribution >= 0.6 is 11.6 Å². The van der Waals surface area contributed by atoms with Gasteiger partial charge in [0.05, 0.1) is 9.82 Å². The van der Waals surface area contributed by atoms with E-state index in [0.717, 1.165) is 18.2 Å². The lowest BCUT2D eigenvalue weighted by atomic mass is 10.1. The van der Waals surface area contributed by atoms with Crippen LogP contribution in [-0.4, -0.2) is 37.8 Å². The minimum absolute atomic E-state index is 0.0427. The Morgan fingerprint density at radius 2 is 2.00 bits per heavy atom. The van der Waals surface area contributed by atoms with Crippen LogP contribution in [0.25, 0.3) is 0 Å². The van der Waals surface area contributed by atoms with Crippen molar-refractivity contribution < 1.29 is 18.1 Å². The Labute approximate surface area is 148 Å². The number of nitrogens with two attached hydrogens (primary N) is 3. The van der Waals surface area contributed by atoms with Gasteiger partial charge in [0.15, 0.2) is 5.96 Å². The van der Waals surface area contributed by atoms with E-state index in [1.54, 1.807) is 0 Å². The molecule has 13 heteroatoms. The maximum atomic E-state index is 12.3. The number of nitrogens with zero attached hydrogens (tertiary/aromatic N) is 2. The molecule has 1 atom stereocenters. The van der Waals surface area contributed by atoms with Crippen molar-refractivity contribution in [3.05, 3.63) is 33.3 Å². The number of nitro groups is 1. The van der Waals surface area contributed by atoms with E-state index < -0.39 is 37.5 Å². The first-order valence-electron chi connectivity index (χ1n) is 6.85. The third kappa shape index (κ3) is 6.17. The van der Waals surface area contributed by atoms with Gasteiger partial charge in [-0.15, -0.1) is 0 Å². The largest absolute Gasteiger partial charge is 0.370 e. The molecule has 11 nitrogen and oxygen atoms in total. The number of amides is 1. The van der Waals surface area contributed by atoms with Crippen LogP contribution in [0, 0.1) is 10.1 Å². The van der Waals surface area contributed by atoms with Gasteiger partial charge in [-0.25, -0.2) is 8.42 Å². The molecule has 1 amide bonds. The highest BCUT2D eigenvalue weighted by Crippen LogP contribution is 2.27. The van der Waals surface area contributed by atoms with Crippen LogP contribution in [0.2, 0.25) is 5.02 Å². The predicted molar refractivity (Wildman–Crippen MR) is 91.3 cm³/mol. The molecule has 0 aromatic heterocycles. The predicted octanol–water partition coefficient (Wildman–Crippen LogP) is -0.566. The molecule has 0 radical (unpaired) electrons. The summed E-state index contributed by atoms with van der Waals surface area (Å²) in [6, 6.07) is 1.72. The second kappa shape index (κ2) is 8.60. The number of rotatable bonds is 9. The SMILES string of the molecule is NC(=O)C(CCCN=C(N)N)NS(=O)(=O)c1ccc(Cl)c([N+](=O)[O-])c1. The summed E-state index contributed by atoms with van der Waals surface area (Å²) in [4.78, 5) is 24.8. The summed E-state index contributed by atoms with van der Waals surface area (Å²) >= 11 is 5.64. The van der Waals surface area contributed by atoms with Crippen LogP contribution in [0.1, 0.15) is 12.8 Å². The number of sulfonamides is 1. The van der Waals surface area contributed by atoms with Crippen molar-refractivity contribution in [1.82, 2.24) is 4.72 Å². The molecule has 25 heavy (non-hydrogen) atoms. The molecule has 1 aromatic carbocycles. The maximum absolute atomic E-state index is 12.3. The third-order valence-electron chi connectivity index (χ3n) is 3.01. The number of halogens is 1. The normalized spacial score (nSPS) is 12.4. The molecule has 1 aromatic rings. The molecular formula is C12H17ClN6O5S. The summed E-state index contributed by atoms with van der Waals surface area (Å²) in [5.74, 6) is -1.04. The number of hydrogen-bond donors (Lipinski definition) is 4. The fraction of sp³-hybridized carbons (Fsp3) is 0.333. The van der Waals surface area contributed by atoms with Gasteiger partial charge < -0.3 is 17.2 Å². The summed E-state index contributed by atoms with van der Waals surface area (Å²) in [5, 5.41) is 10.6. The van der Waals surface area contributed by atoms with E-state index in [4.69, 9.17) is 28.8 Å².